The summed E-state index contributed by atoms with van der Waals surface area (Å²) >= 11 is 1.66. The number of fused-ring (bicyclic) bond motifs is 1. The number of aromatic nitrogens is 1. The number of hydrogen-bond acceptors (Lipinski definition) is 3. The van der Waals surface area contributed by atoms with Crippen LogP contribution in [0.4, 0.5) is 5.69 Å². The van der Waals surface area contributed by atoms with Crippen molar-refractivity contribution in [1.29, 1.82) is 0 Å². The first-order valence-corrected chi connectivity index (χ1v) is 9.66. The molecule has 0 saturated heterocycles. The molecule has 1 atom stereocenters. The maximum atomic E-state index is 12.5. The van der Waals surface area contributed by atoms with Crippen LogP contribution in [0.5, 0.6) is 0 Å². The van der Waals surface area contributed by atoms with Crippen LogP contribution in [0.3, 0.4) is 0 Å². The van der Waals surface area contributed by atoms with Crippen molar-refractivity contribution in [2.24, 2.45) is 0 Å². The third kappa shape index (κ3) is 4.54. The Labute approximate surface area is 147 Å². The van der Waals surface area contributed by atoms with E-state index in [0.717, 1.165) is 28.9 Å². The molecule has 1 aromatic heterocycles. The fourth-order valence-electron chi connectivity index (χ4n) is 2.58. The number of amides is 2. The summed E-state index contributed by atoms with van der Waals surface area (Å²) in [6.07, 6.45) is 5.02. The Bertz CT molecular complexity index is 711. The highest BCUT2D eigenvalue weighted by Gasteiger charge is 2.20. The van der Waals surface area contributed by atoms with Gasteiger partial charge in [-0.1, -0.05) is 6.92 Å². The van der Waals surface area contributed by atoms with Gasteiger partial charge in [0.1, 0.15) is 6.04 Å². The third-order valence-electron chi connectivity index (χ3n) is 3.96. The van der Waals surface area contributed by atoms with E-state index in [0.29, 0.717) is 12.8 Å². The van der Waals surface area contributed by atoms with Crippen LogP contribution in [0.1, 0.15) is 26.7 Å². The molecule has 5 nitrogen and oxygen atoms in total. The molecule has 0 fully saturated rings. The van der Waals surface area contributed by atoms with E-state index in [-0.39, 0.29) is 11.8 Å². The molecule has 130 valence electrons. The highest BCUT2D eigenvalue weighted by molar-refractivity contribution is 7.98. The van der Waals surface area contributed by atoms with Gasteiger partial charge in [0.2, 0.25) is 11.8 Å². The minimum absolute atomic E-state index is 0.105. The highest BCUT2D eigenvalue weighted by Crippen LogP contribution is 2.21. The minimum Gasteiger partial charge on any atom is -0.348 e. The van der Waals surface area contributed by atoms with Crippen LogP contribution in [-0.2, 0) is 16.1 Å². The highest BCUT2D eigenvalue weighted by atomic mass is 32.2. The normalized spacial score (nSPS) is 12.1. The maximum Gasteiger partial charge on any atom is 0.246 e. The zero-order chi connectivity index (χ0) is 17.5. The number of nitrogens with one attached hydrogen (secondary N) is 2. The summed E-state index contributed by atoms with van der Waals surface area (Å²) in [6, 6.07) is 7.42. The lowest BCUT2D eigenvalue weighted by molar-refractivity contribution is -0.126. The molecule has 6 heteroatoms. The molecule has 0 aliphatic rings. The molecule has 0 spiro atoms. The molecular weight excluding hydrogens is 322 g/mol. The number of nitrogens with zero attached hydrogens (tertiary/aromatic N) is 1. The molecule has 0 saturated carbocycles. The van der Waals surface area contributed by atoms with Crippen LogP contribution >= 0.6 is 11.8 Å². The molecule has 0 aliphatic heterocycles. The standard InChI is InChI=1S/C18H25N3O2S/c1-4-17(22)20-15(9-11-24-3)18(23)19-14-6-7-16-13(12-14)8-10-21(16)5-2/h6-8,10,12,15H,4-5,9,11H2,1-3H3,(H,19,23)(H,20,22)/t15-/m1/s1. The summed E-state index contributed by atoms with van der Waals surface area (Å²) in [4.78, 5) is 24.2. The van der Waals surface area contributed by atoms with E-state index >= 15 is 0 Å². The molecule has 0 bridgehead atoms. The Morgan fingerprint density at radius 1 is 1.25 bits per heavy atom. The fourth-order valence-corrected chi connectivity index (χ4v) is 3.06. The summed E-state index contributed by atoms with van der Waals surface area (Å²) in [6.45, 7) is 4.79. The lowest BCUT2D eigenvalue weighted by Gasteiger charge is -2.18. The van der Waals surface area contributed by atoms with Crippen LogP contribution in [0.2, 0.25) is 0 Å². The van der Waals surface area contributed by atoms with Gasteiger partial charge >= 0.3 is 0 Å². The van der Waals surface area contributed by atoms with Crippen molar-refractivity contribution in [3.63, 3.8) is 0 Å². The first kappa shape index (κ1) is 18.4. The number of carbonyl (C=O) groups excluding carboxylic acids is 2. The summed E-state index contributed by atoms with van der Waals surface area (Å²) < 4.78 is 2.16. The minimum atomic E-state index is -0.499. The Morgan fingerprint density at radius 3 is 2.71 bits per heavy atom. The molecule has 2 aromatic rings. The molecule has 0 radical (unpaired) electrons. The topological polar surface area (TPSA) is 63.1 Å². The van der Waals surface area contributed by atoms with Crippen LogP contribution in [-0.4, -0.2) is 34.4 Å². The molecule has 2 amide bonds. The third-order valence-corrected chi connectivity index (χ3v) is 4.61. The first-order valence-electron chi connectivity index (χ1n) is 8.27. The van der Waals surface area contributed by atoms with Crippen molar-refractivity contribution in [3.05, 3.63) is 30.5 Å². The largest absolute Gasteiger partial charge is 0.348 e. The number of thioether (sulfide) groups is 1. The average molecular weight is 347 g/mol. The van der Waals surface area contributed by atoms with E-state index in [1.54, 1.807) is 18.7 Å². The van der Waals surface area contributed by atoms with E-state index in [9.17, 15) is 9.59 Å². The Hall–Kier alpha value is -1.95. The van der Waals surface area contributed by atoms with Crippen molar-refractivity contribution in [2.45, 2.75) is 39.3 Å². The van der Waals surface area contributed by atoms with Crippen molar-refractivity contribution in [1.82, 2.24) is 9.88 Å². The number of rotatable bonds is 8. The van der Waals surface area contributed by atoms with Gasteiger partial charge in [0.15, 0.2) is 0 Å². The Kier molecular flexibility index (Phi) is 6.73. The average Bonchev–Trinajstić information content (AvgIpc) is 3.00. The second kappa shape index (κ2) is 8.78. The van der Waals surface area contributed by atoms with Gasteiger partial charge in [0.05, 0.1) is 0 Å². The molecule has 24 heavy (non-hydrogen) atoms. The summed E-state index contributed by atoms with van der Waals surface area (Å²) in [5.41, 5.74) is 1.90. The lowest BCUT2D eigenvalue weighted by atomic mass is 10.1. The first-order chi connectivity index (χ1) is 11.6. The number of hydrogen-bond donors (Lipinski definition) is 2. The summed E-state index contributed by atoms with van der Waals surface area (Å²) in [7, 11) is 0. The SMILES string of the molecule is CCC(=O)N[C@H](CCSC)C(=O)Nc1ccc2c(ccn2CC)c1. The van der Waals surface area contributed by atoms with Gasteiger partial charge in [0, 0.05) is 35.8 Å². The zero-order valence-electron chi connectivity index (χ0n) is 14.5. The molecule has 2 N–H and O–H groups in total. The van der Waals surface area contributed by atoms with E-state index in [2.05, 4.69) is 22.1 Å². The van der Waals surface area contributed by atoms with Crippen LogP contribution < -0.4 is 10.6 Å². The summed E-state index contributed by atoms with van der Waals surface area (Å²) in [5, 5.41) is 6.82. The van der Waals surface area contributed by atoms with Crippen molar-refractivity contribution in [2.75, 3.05) is 17.3 Å². The van der Waals surface area contributed by atoms with Crippen molar-refractivity contribution < 1.29 is 9.59 Å². The van der Waals surface area contributed by atoms with Crippen molar-refractivity contribution >= 4 is 40.2 Å². The quantitative estimate of drug-likeness (QED) is 0.770. The molecule has 2 rings (SSSR count). The smallest absolute Gasteiger partial charge is 0.246 e. The maximum absolute atomic E-state index is 12.5. The predicted octanol–water partition coefficient (Wildman–Crippen LogP) is 3.25. The van der Waals surface area contributed by atoms with Crippen molar-refractivity contribution in [3.8, 4) is 0 Å². The van der Waals surface area contributed by atoms with Gasteiger partial charge in [-0.15, -0.1) is 0 Å². The number of anilines is 1. The molecule has 1 heterocycles. The van der Waals surface area contributed by atoms with Gasteiger partial charge < -0.3 is 15.2 Å². The van der Waals surface area contributed by atoms with Gasteiger partial charge in [-0.25, -0.2) is 0 Å². The molecule has 1 aromatic carbocycles. The monoisotopic (exact) mass is 347 g/mol. The van der Waals surface area contributed by atoms with Crippen LogP contribution in [0.25, 0.3) is 10.9 Å². The van der Waals surface area contributed by atoms with Crippen LogP contribution in [0, 0.1) is 0 Å². The van der Waals surface area contributed by atoms with Gasteiger partial charge in [0.25, 0.3) is 0 Å². The molecule has 0 aliphatic carbocycles. The van der Waals surface area contributed by atoms with E-state index in [1.165, 1.54) is 0 Å². The predicted molar refractivity (Wildman–Crippen MR) is 101 cm³/mol. The van der Waals surface area contributed by atoms with E-state index in [1.807, 2.05) is 36.7 Å². The zero-order valence-corrected chi connectivity index (χ0v) is 15.3. The Morgan fingerprint density at radius 2 is 2.04 bits per heavy atom. The Balaban J connectivity index is 2.11. The fraction of sp³-hybridized carbons (Fsp3) is 0.444. The second-order valence-corrected chi connectivity index (χ2v) is 6.61. The van der Waals surface area contributed by atoms with Gasteiger partial charge in [-0.05, 0) is 49.6 Å². The molecule has 0 unspecified atom stereocenters. The van der Waals surface area contributed by atoms with E-state index in [4.69, 9.17) is 0 Å². The lowest BCUT2D eigenvalue weighted by Crippen LogP contribution is -2.43. The van der Waals surface area contributed by atoms with Gasteiger partial charge in [-0.2, -0.15) is 11.8 Å². The number of carbonyl (C=O) groups is 2. The summed E-state index contributed by atoms with van der Waals surface area (Å²) in [5.74, 6) is 0.548. The van der Waals surface area contributed by atoms with Crippen LogP contribution in [0.15, 0.2) is 30.5 Å². The number of aryl methyl sites for hydroxylation is 1. The number of benzene rings is 1. The second-order valence-electron chi connectivity index (χ2n) is 5.62. The van der Waals surface area contributed by atoms with E-state index < -0.39 is 6.04 Å². The van der Waals surface area contributed by atoms with Gasteiger partial charge in [-0.3, -0.25) is 9.59 Å². The molecular formula is C18H25N3O2S.